The van der Waals surface area contributed by atoms with Gasteiger partial charge >= 0.3 is 6.18 Å². The number of amides is 4. The van der Waals surface area contributed by atoms with Crippen LogP contribution in [0.25, 0.3) is 0 Å². The highest BCUT2D eigenvalue weighted by Crippen LogP contribution is 2.41. The lowest BCUT2D eigenvalue weighted by atomic mass is 9.81. The van der Waals surface area contributed by atoms with Crippen molar-refractivity contribution in [2.45, 2.75) is 121 Å². The summed E-state index contributed by atoms with van der Waals surface area (Å²) in [7, 11) is 0. The summed E-state index contributed by atoms with van der Waals surface area (Å²) >= 11 is 5.76. The third-order valence-corrected chi connectivity index (χ3v) is 12.5. The second-order valence-electron chi connectivity index (χ2n) is 16.5. The van der Waals surface area contributed by atoms with Gasteiger partial charge in [-0.05, 0) is 121 Å². The number of thiocarbonyl (C=S) groups is 1. The van der Waals surface area contributed by atoms with Gasteiger partial charge in [-0.3, -0.25) is 34.3 Å². The first-order valence-electron chi connectivity index (χ1n) is 19.8. The van der Waals surface area contributed by atoms with E-state index in [0.29, 0.717) is 23.7 Å². The van der Waals surface area contributed by atoms with Gasteiger partial charge in [0, 0.05) is 43.8 Å². The third-order valence-electron chi connectivity index (χ3n) is 12.1. The molecule has 2 aromatic rings. The number of anilines is 2. The van der Waals surface area contributed by atoms with Crippen molar-refractivity contribution >= 4 is 52.5 Å². The molecule has 4 amide bonds. The fourth-order valence-electron chi connectivity index (χ4n) is 9.12. The molecule has 4 fully saturated rings. The first kappa shape index (κ1) is 42.2. The van der Waals surface area contributed by atoms with Crippen LogP contribution in [0.2, 0.25) is 0 Å². The lowest BCUT2D eigenvalue weighted by molar-refractivity contribution is -0.138. The molecule has 0 radical (unpaired) electrons. The van der Waals surface area contributed by atoms with Crippen molar-refractivity contribution in [3.63, 3.8) is 0 Å². The first-order valence-corrected chi connectivity index (χ1v) is 20.3. The maximum absolute atomic E-state index is 13.7. The summed E-state index contributed by atoms with van der Waals surface area (Å²) in [6.45, 7) is 10.8. The molecular weight excluding hydrogens is 758 g/mol. The Labute approximate surface area is 337 Å². The van der Waals surface area contributed by atoms with Crippen LogP contribution >= 0.6 is 12.2 Å². The summed E-state index contributed by atoms with van der Waals surface area (Å²) in [6.07, 6.45) is 4.46. The number of carbonyl (C=O) groups is 4. The summed E-state index contributed by atoms with van der Waals surface area (Å²) in [5, 5.41) is 14.7. The Morgan fingerprint density at radius 1 is 1.04 bits per heavy atom. The minimum absolute atomic E-state index is 0.00123. The first-order chi connectivity index (χ1) is 27.0. The largest absolute Gasteiger partial charge is 0.417 e. The van der Waals surface area contributed by atoms with E-state index >= 15 is 0 Å². The Bertz CT molecular complexity index is 1900. The van der Waals surface area contributed by atoms with E-state index in [1.807, 2.05) is 4.90 Å². The number of piperazine rings is 1. The highest BCUT2D eigenvalue weighted by molar-refractivity contribution is 7.80. The van der Waals surface area contributed by atoms with Crippen LogP contribution in [0.4, 0.5) is 24.7 Å². The normalized spacial score (nSPS) is 26.0. The summed E-state index contributed by atoms with van der Waals surface area (Å²) in [5.74, 6) is -0.581. The molecule has 306 valence electrons. The van der Waals surface area contributed by atoms with E-state index in [2.05, 4.69) is 39.3 Å². The number of imide groups is 1. The number of nitrogens with zero attached hydrogens (tertiary/aromatic N) is 6. The van der Waals surface area contributed by atoms with Crippen LogP contribution in [0.15, 0.2) is 36.5 Å². The van der Waals surface area contributed by atoms with Crippen molar-refractivity contribution in [2.24, 2.45) is 5.92 Å². The van der Waals surface area contributed by atoms with E-state index < -0.39 is 28.8 Å². The molecule has 3 atom stereocenters. The smallest absolute Gasteiger partial charge is 0.331 e. The number of alkyl halides is 3. The average Bonchev–Trinajstić information content (AvgIpc) is 3.33. The zero-order valence-corrected chi connectivity index (χ0v) is 33.7. The van der Waals surface area contributed by atoms with Gasteiger partial charge in [-0.2, -0.15) is 18.4 Å². The fraction of sp³-hybridized carbons (Fsp3) is 0.585. The molecule has 0 spiro atoms. The zero-order valence-electron chi connectivity index (χ0n) is 32.9. The van der Waals surface area contributed by atoms with Gasteiger partial charge in [0.1, 0.15) is 11.4 Å². The Morgan fingerprint density at radius 2 is 1.74 bits per heavy atom. The van der Waals surface area contributed by atoms with Crippen LogP contribution < -0.4 is 15.5 Å². The highest BCUT2D eigenvalue weighted by atomic mass is 32.1. The molecule has 3 aliphatic heterocycles. The maximum atomic E-state index is 13.7. The molecule has 4 aliphatic rings. The van der Waals surface area contributed by atoms with Gasteiger partial charge in [0.25, 0.3) is 5.91 Å². The van der Waals surface area contributed by atoms with Gasteiger partial charge in [-0.15, -0.1) is 0 Å². The second-order valence-corrected chi connectivity index (χ2v) is 16.9. The Balaban J connectivity index is 0.918. The topological polar surface area (TPSA) is 142 Å². The quantitative estimate of drug-likeness (QED) is 0.159. The van der Waals surface area contributed by atoms with Gasteiger partial charge in [0.2, 0.25) is 17.7 Å². The monoisotopic (exact) mass is 808 g/mol. The Hall–Kier alpha value is -4.46. The van der Waals surface area contributed by atoms with Gasteiger partial charge in [0.05, 0.1) is 35.3 Å². The van der Waals surface area contributed by atoms with Crippen molar-refractivity contribution in [1.82, 2.24) is 25.0 Å². The van der Waals surface area contributed by atoms with Gasteiger partial charge in [-0.25, -0.2) is 4.98 Å². The average molecular weight is 809 g/mol. The minimum atomic E-state index is -4.75. The van der Waals surface area contributed by atoms with E-state index in [4.69, 9.17) is 12.2 Å². The van der Waals surface area contributed by atoms with Crippen LogP contribution in [0.1, 0.15) is 108 Å². The van der Waals surface area contributed by atoms with Crippen molar-refractivity contribution in [1.29, 1.82) is 5.26 Å². The van der Waals surface area contributed by atoms with Crippen LogP contribution in [0.5, 0.6) is 0 Å². The van der Waals surface area contributed by atoms with Crippen molar-refractivity contribution in [3.8, 4) is 6.07 Å². The lowest BCUT2D eigenvalue weighted by Crippen LogP contribution is -2.58. The number of rotatable bonds is 11. The molecule has 3 saturated heterocycles. The summed E-state index contributed by atoms with van der Waals surface area (Å²) in [4.78, 5) is 62.4. The van der Waals surface area contributed by atoms with Crippen LogP contribution in [0, 0.1) is 17.2 Å². The number of aromatic nitrogens is 1. The molecule has 1 aromatic carbocycles. The number of hydrogen-bond acceptors (Lipinski definition) is 9. The third kappa shape index (κ3) is 9.31. The predicted octanol–water partition coefficient (Wildman–Crippen LogP) is 5.97. The van der Waals surface area contributed by atoms with Crippen molar-refractivity contribution < 1.29 is 32.3 Å². The zero-order chi connectivity index (χ0) is 41.2. The summed E-state index contributed by atoms with van der Waals surface area (Å²) in [6, 6.07) is 8.70. The number of pyridine rings is 1. The van der Waals surface area contributed by atoms with Crippen LogP contribution in [0.3, 0.4) is 0 Å². The molecule has 6 rings (SSSR count). The lowest BCUT2D eigenvalue weighted by Gasteiger charge is -2.44. The molecule has 12 nitrogen and oxygen atoms in total. The number of halogens is 3. The molecule has 1 unspecified atom stereocenters. The van der Waals surface area contributed by atoms with Crippen LogP contribution in [-0.2, 0) is 25.4 Å². The summed E-state index contributed by atoms with van der Waals surface area (Å²) < 4.78 is 41.2. The van der Waals surface area contributed by atoms with E-state index in [1.54, 1.807) is 38.2 Å². The fourth-order valence-corrected chi connectivity index (χ4v) is 9.69. The van der Waals surface area contributed by atoms with E-state index in [9.17, 15) is 37.6 Å². The minimum Gasteiger partial charge on any atom is -0.331 e. The molecular formula is C41H51F3N8O4S. The van der Waals surface area contributed by atoms with E-state index in [-0.39, 0.29) is 65.5 Å². The van der Waals surface area contributed by atoms with Crippen molar-refractivity contribution in [2.75, 3.05) is 36.4 Å². The van der Waals surface area contributed by atoms with Gasteiger partial charge in [-0.1, -0.05) is 18.9 Å². The summed E-state index contributed by atoms with van der Waals surface area (Å²) in [5.41, 5.74) is -1.89. The molecule has 0 bridgehead atoms. The number of nitriles is 1. The number of hydrogen-bond donors (Lipinski definition) is 2. The van der Waals surface area contributed by atoms with Crippen LogP contribution in [-0.4, -0.2) is 98.3 Å². The number of carbonyl (C=O) groups excluding carboxylic acids is 4. The maximum Gasteiger partial charge on any atom is 0.417 e. The Morgan fingerprint density at radius 3 is 2.35 bits per heavy atom. The van der Waals surface area contributed by atoms with Gasteiger partial charge < -0.3 is 15.1 Å². The molecule has 1 aliphatic carbocycles. The molecule has 2 N–H and O–H groups in total. The van der Waals surface area contributed by atoms with E-state index in [1.165, 1.54) is 11.0 Å². The number of unbranched alkanes of at least 4 members (excludes halogenated alkanes) is 1. The molecule has 1 saturated carbocycles. The number of benzene rings is 1. The second kappa shape index (κ2) is 17.2. The predicted molar refractivity (Wildman–Crippen MR) is 212 cm³/mol. The van der Waals surface area contributed by atoms with Gasteiger partial charge in [0.15, 0.2) is 5.11 Å². The molecule has 16 heteroatoms. The van der Waals surface area contributed by atoms with E-state index in [0.717, 1.165) is 76.7 Å². The molecule has 1 aromatic heterocycles. The highest BCUT2D eigenvalue weighted by Gasteiger charge is 2.52. The number of piperidine rings is 1. The van der Waals surface area contributed by atoms with Crippen molar-refractivity contribution in [3.05, 3.63) is 53.2 Å². The molecule has 4 heterocycles. The number of nitrogens with one attached hydrogen (secondary N) is 2. The standard InChI is InChI=1S/C41H51F3N8O4S/c1-25-22-49(23-26(2)50(25)24-36(54)47-34-16-11-29(21-46-34)32-15-17-35(53)48-37(32)55)18-6-5-7-27-8-12-30(13-9-27)52-39(57)51(38(56)40(52,3)4)31-14-10-28(20-45)33(19-31)41(42,43)44/h10-11,14,16,19,21,25-27,30,32H,5-9,12-13,15,17-18,22-24H2,1-4H3,(H,46,47,54)(H,48,53,55)/t25-,26+,27-,30-,32?. The Kier molecular flexibility index (Phi) is 12.7. The SMILES string of the molecule is C[C@@H]1CN(CCCC[C@H]2CC[C@H](N3C(=S)N(c4ccc(C#N)c(C(F)(F)F)c4)C(=O)C3(C)C)CC2)C[C@H](C)N1CC(=O)Nc1ccc(C2CCC(=O)NC2=O)cn1. The molecule has 57 heavy (non-hydrogen) atoms.